The van der Waals surface area contributed by atoms with Gasteiger partial charge in [0.2, 0.25) is 5.91 Å². The number of nitrogens with one attached hydrogen (secondary N) is 1. The minimum atomic E-state index is -0.114. The molecule has 0 heterocycles. The van der Waals surface area contributed by atoms with Gasteiger partial charge in [0.25, 0.3) is 0 Å². The number of carbonyl (C=O) groups excluding carboxylic acids is 1. The first-order chi connectivity index (χ1) is 7.24. The van der Waals surface area contributed by atoms with Crippen molar-refractivity contribution in [1.82, 2.24) is 0 Å². The number of allylic oxidation sites excluding steroid dienone is 3. The SMILES string of the molecule is C/C=C\C=C/C(=O)Nc1ccccc1I. The predicted octanol–water partition coefficient (Wildman–Crippen LogP) is 3.36. The number of hydrogen-bond donors (Lipinski definition) is 1. The molecular weight excluding hydrogens is 301 g/mol. The molecule has 0 aliphatic rings. The number of rotatable bonds is 3. The van der Waals surface area contributed by atoms with Crippen LogP contribution in [0, 0.1) is 3.57 Å². The summed E-state index contributed by atoms with van der Waals surface area (Å²) in [5, 5.41) is 2.80. The number of benzene rings is 1. The second-order valence-corrected chi connectivity index (χ2v) is 4.02. The van der Waals surface area contributed by atoms with Crippen LogP contribution < -0.4 is 5.32 Å². The Bertz CT molecular complexity index is 396. The summed E-state index contributed by atoms with van der Waals surface area (Å²) in [4.78, 5) is 11.4. The van der Waals surface area contributed by atoms with E-state index >= 15 is 0 Å². The maximum Gasteiger partial charge on any atom is 0.248 e. The second kappa shape index (κ2) is 6.40. The van der Waals surface area contributed by atoms with Crippen LogP contribution >= 0.6 is 22.6 Å². The maximum atomic E-state index is 11.4. The lowest BCUT2D eigenvalue weighted by atomic mass is 10.3. The molecule has 2 nitrogen and oxygen atoms in total. The molecule has 15 heavy (non-hydrogen) atoms. The topological polar surface area (TPSA) is 29.1 Å². The molecule has 0 aliphatic heterocycles. The summed E-state index contributed by atoms with van der Waals surface area (Å²) in [6.07, 6.45) is 6.90. The molecule has 78 valence electrons. The maximum absolute atomic E-state index is 11.4. The summed E-state index contributed by atoms with van der Waals surface area (Å²) in [7, 11) is 0. The molecule has 0 atom stereocenters. The van der Waals surface area contributed by atoms with Gasteiger partial charge in [0.15, 0.2) is 0 Å². The van der Waals surface area contributed by atoms with E-state index in [0.29, 0.717) is 0 Å². The van der Waals surface area contributed by atoms with Crippen molar-refractivity contribution in [2.24, 2.45) is 0 Å². The Hall–Kier alpha value is -1.10. The standard InChI is InChI=1S/C12H12INO/c1-2-3-4-9-12(15)14-11-8-6-5-7-10(11)13/h2-9H,1H3,(H,14,15)/b3-2-,9-4-. The summed E-state index contributed by atoms with van der Waals surface area (Å²) in [6, 6.07) is 7.66. The van der Waals surface area contributed by atoms with Gasteiger partial charge in [-0.2, -0.15) is 0 Å². The van der Waals surface area contributed by atoms with Crippen LogP contribution in [0.3, 0.4) is 0 Å². The van der Waals surface area contributed by atoms with Crippen LogP contribution in [-0.2, 0) is 4.79 Å². The molecule has 1 amide bonds. The third-order valence-corrected chi connectivity index (χ3v) is 2.62. The summed E-state index contributed by atoms with van der Waals surface area (Å²) in [5.41, 5.74) is 0.841. The first kappa shape index (κ1) is 12.0. The van der Waals surface area contributed by atoms with Gasteiger partial charge in [-0.3, -0.25) is 4.79 Å². The van der Waals surface area contributed by atoms with Crippen LogP contribution in [0.4, 0.5) is 5.69 Å². The average Bonchev–Trinajstić information content (AvgIpc) is 2.22. The minimum absolute atomic E-state index is 0.114. The molecular formula is C12H12INO. The third kappa shape index (κ3) is 4.29. The van der Waals surface area contributed by atoms with Crippen molar-refractivity contribution in [2.45, 2.75) is 6.92 Å². The Morgan fingerprint density at radius 1 is 1.33 bits per heavy atom. The molecule has 3 heteroatoms. The Labute approximate surface area is 103 Å². The third-order valence-electron chi connectivity index (χ3n) is 1.68. The van der Waals surface area contributed by atoms with E-state index in [0.717, 1.165) is 9.26 Å². The second-order valence-electron chi connectivity index (χ2n) is 2.85. The van der Waals surface area contributed by atoms with Gasteiger partial charge in [0.05, 0.1) is 5.69 Å². The molecule has 0 aliphatic carbocycles. The Morgan fingerprint density at radius 3 is 2.73 bits per heavy atom. The van der Waals surface area contributed by atoms with Crippen LogP contribution in [0.15, 0.2) is 48.6 Å². The van der Waals surface area contributed by atoms with E-state index in [-0.39, 0.29) is 5.91 Å². The van der Waals surface area contributed by atoms with E-state index < -0.39 is 0 Å². The van der Waals surface area contributed by atoms with Gasteiger partial charge in [-0.05, 0) is 41.6 Å². The average molecular weight is 313 g/mol. The van der Waals surface area contributed by atoms with E-state index in [9.17, 15) is 4.79 Å². The van der Waals surface area contributed by atoms with Gasteiger partial charge < -0.3 is 5.32 Å². The largest absolute Gasteiger partial charge is 0.322 e. The van der Waals surface area contributed by atoms with Crippen LogP contribution in [0.2, 0.25) is 0 Å². The zero-order valence-corrected chi connectivity index (χ0v) is 10.6. The lowest BCUT2D eigenvalue weighted by Gasteiger charge is -2.03. The molecule has 0 unspecified atom stereocenters. The monoisotopic (exact) mass is 313 g/mol. The molecule has 1 N–H and O–H groups in total. The van der Waals surface area contributed by atoms with Crippen molar-refractivity contribution in [1.29, 1.82) is 0 Å². The zero-order chi connectivity index (χ0) is 11.1. The molecule has 1 aromatic rings. The fourth-order valence-electron chi connectivity index (χ4n) is 0.991. The first-order valence-electron chi connectivity index (χ1n) is 4.59. The molecule has 0 bridgehead atoms. The van der Waals surface area contributed by atoms with Crippen molar-refractivity contribution in [2.75, 3.05) is 5.32 Å². The normalized spacial score (nSPS) is 11.1. The number of hydrogen-bond acceptors (Lipinski definition) is 1. The molecule has 0 aromatic heterocycles. The zero-order valence-electron chi connectivity index (χ0n) is 8.41. The molecule has 0 spiro atoms. The van der Waals surface area contributed by atoms with Crippen LogP contribution in [0.1, 0.15) is 6.92 Å². The van der Waals surface area contributed by atoms with Crippen molar-refractivity contribution in [3.8, 4) is 0 Å². The highest BCUT2D eigenvalue weighted by Gasteiger charge is 2.00. The fraction of sp³-hybridized carbons (Fsp3) is 0.0833. The van der Waals surface area contributed by atoms with Crippen LogP contribution in [0.5, 0.6) is 0 Å². The molecule has 0 saturated carbocycles. The van der Waals surface area contributed by atoms with Gasteiger partial charge in [0.1, 0.15) is 0 Å². The number of anilines is 1. The van der Waals surface area contributed by atoms with Crippen LogP contribution in [-0.4, -0.2) is 5.91 Å². The number of halogens is 1. The van der Waals surface area contributed by atoms with Crippen molar-refractivity contribution in [3.63, 3.8) is 0 Å². The molecule has 0 saturated heterocycles. The van der Waals surface area contributed by atoms with E-state index in [1.54, 1.807) is 6.08 Å². The van der Waals surface area contributed by atoms with E-state index in [4.69, 9.17) is 0 Å². The van der Waals surface area contributed by atoms with E-state index in [2.05, 4.69) is 27.9 Å². The van der Waals surface area contributed by atoms with Gasteiger partial charge in [0, 0.05) is 9.65 Å². The molecule has 1 aromatic carbocycles. The number of para-hydroxylation sites is 1. The lowest BCUT2D eigenvalue weighted by molar-refractivity contribution is -0.111. The smallest absolute Gasteiger partial charge is 0.248 e. The number of amides is 1. The van der Waals surface area contributed by atoms with Crippen LogP contribution in [0.25, 0.3) is 0 Å². The minimum Gasteiger partial charge on any atom is -0.322 e. The van der Waals surface area contributed by atoms with E-state index in [1.807, 2.05) is 43.3 Å². The van der Waals surface area contributed by atoms with E-state index in [1.165, 1.54) is 6.08 Å². The number of carbonyl (C=O) groups is 1. The highest BCUT2D eigenvalue weighted by Crippen LogP contribution is 2.16. The van der Waals surface area contributed by atoms with Gasteiger partial charge >= 0.3 is 0 Å². The Balaban J connectivity index is 2.63. The Morgan fingerprint density at radius 2 is 2.07 bits per heavy atom. The van der Waals surface area contributed by atoms with Gasteiger partial charge in [-0.1, -0.05) is 30.4 Å². The van der Waals surface area contributed by atoms with Gasteiger partial charge in [-0.15, -0.1) is 0 Å². The summed E-state index contributed by atoms with van der Waals surface area (Å²) in [5.74, 6) is -0.114. The molecule has 0 fully saturated rings. The van der Waals surface area contributed by atoms with Crippen molar-refractivity contribution >= 4 is 34.2 Å². The van der Waals surface area contributed by atoms with Crippen molar-refractivity contribution in [3.05, 3.63) is 52.1 Å². The fourth-order valence-corrected chi connectivity index (χ4v) is 1.51. The summed E-state index contributed by atoms with van der Waals surface area (Å²) >= 11 is 2.19. The Kier molecular flexibility index (Phi) is 5.10. The quantitative estimate of drug-likeness (QED) is 0.517. The van der Waals surface area contributed by atoms with Gasteiger partial charge in [-0.25, -0.2) is 0 Å². The summed E-state index contributed by atoms with van der Waals surface area (Å²) in [6.45, 7) is 1.91. The summed E-state index contributed by atoms with van der Waals surface area (Å²) < 4.78 is 1.03. The molecule has 1 rings (SSSR count). The predicted molar refractivity (Wildman–Crippen MR) is 71.7 cm³/mol. The van der Waals surface area contributed by atoms with Crippen molar-refractivity contribution < 1.29 is 4.79 Å². The first-order valence-corrected chi connectivity index (χ1v) is 5.67. The highest BCUT2D eigenvalue weighted by atomic mass is 127. The lowest BCUT2D eigenvalue weighted by Crippen LogP contribution is -2.08. The highest BCUT2D eigenvalue weighted by molar-refractivity contribution is 14.1. The molecule has 0 radical (unpaired) electrons.